The van der Waals surface area contributed by atoms with Crippen LogP contribution in [0.15, 0.2) is 41.8 Å². The topological polar surface area (TPSA) is 98.8 Å². The van der Waals surface area contributed by atoms with Crippen molar-refractivity contribution in [3.63, 3.8) is 0 Å². The number of methoxy groups -OCH3 is 2. The van der Waals surface area contributed by atoms with E-state index in [1.165, 1.54) is 18.2 Å². The zero-order valence-corrected chi connectivity index (χ0v) is 14.7. The molecule has 0 fully saturated rings. The smallest absolute Gasteiger partial charge is 0.324 e. The summed E-state index contributed by atoms with van der Waals surface area (Å²) in [5, 5.41) is 0. The molecule has 0 aliphatic rings. The molecule has 24 heavy (non-hydrogen) atoms. The minimum absolute atomic E-state index is 0.0235. The maximum atomic E-state index is 12.4. The minimum Gasteiger partial charge on any atom is -0.468 e. The molecule has 0 heterocycles. The van der Waals surface area contributed by atoms with E-state index in [9.17, 15) is 18.0 Å². The van der Waals surface area contributed by atoms with E-state index < -0.39 is 33.9 Å². The van der Waals surface area contributed by atoms with Crippen LogP contribution in [0.4, 0.5) is 0 Å². The molecule has 1 aromatic rings. The molecule has 0 spiro atoms. The highest BCUT2D eigenvalue weighted by atomic mass is 32.2. The molecule has 0 aromatic heterocycles. The third-order valence-electron chi connectivity index (χ3n) is 3.54. The lowest BCUT2D eigenvalue weighted by Crippen LogP contribution is -2.49. The van der Waals surface area contributed by atoms with Crippen molar-refractivity contribution in [2.45, 2.75) is 18.2 Å². The van der Waals surface area contributed by atoms with Crippen molar-refractivity contribution in [1.29, 1.82) is 0 Å². The van der Waals surface area contributed by atoms with Gasteiger partial charge in [-0.2, -0.15) is 0 Å². The number of sulfonamides is 1. The largest absolute Gasteiger partial charge is 0.468 e. The van der Waals surface area contributed by atoms with E-state index in [0.717, 1.165) is 19.8 Å². The first-order valence-corrected chi connectivity index (χ1v) is 8.56. The number of allylic oxidation sites excluding steroid dienone is 1. The summed E-state index contributed by atoms with van der Waals surface area (Å²) in [6, 6.07) is 6.16. The van der Waals surface area contributed by atoms with Gasteiger partial charge in [-0.05, 0) is 25.5 Å². The van der Waals surface area contributed by atoms with Gasteiger partial charge in [0.2, 0.25) is 10.0 Å². The molecule has 0 aliphatic heterocycles. The highest BCUT2D eigenvalue weighted by Crippen LogP contribution is 2.26. The molecule has 0 bridgehead atoms. The van der Waals surface area contributed by atoms with Gasteiger partial charge in [0.1, 0.15) is 0 Å². The Labute approximate surface area is 141 Å². The average Bonchev–Trinajstić information content (AvgIpc) is 2.57. The molecule has 0 radical (unpaired) electrons. The van der Waals surface area contributed by atoms with Gasteiger partial charge in [-0.15, -0.1) is 6.58 Å². The Morgan fingerprint density at radius 2 is 1.67 bits per heavy atom. The van der Waals surface area contributed by atoms with Crippen molar-refractivity contribution in [3.8, 4) is 0 Å². The van der Waals surface area contributed by atoms with Crippen molar-refractivity contribution < 1.29 is 27.5 Å². The number of nitrogens with one attached hydrogen (secondary N) is 1. The second-order valence-electron chi connectivity index (χ2n) is 5.20. The number of hydrogen-bond acceptors (Lipinski definition) is 6. The Balaban J connectivity index is 3.15. The molecule has 8 heteroatoms. The highest BCUT2D eigenvalue weighted by Gasteiger charge is 2.48. The second-order valence-corrected chi connectivity index (χ2v) is 6.96. The zero-order chi connectivity index (χ0) is 18.4. The minimum atomic E-state index is -3.91. The Kier molecular flexibility index (Phi) is 6.68. The summed E-state index contributed by atoms with van der Waals surface area (Å²) in [5.41, 5.74) is -0.928. The number of benzene rings is 1. The van der Waals surface area contributed by atoms with Crippen molar-refractivity contribution in [3.05, 3.63) is 42.5 Å². The molecule has 0 atom stereocenters. The lowest BCUT2D eigenvalue weighted by molar-refractivity contribution is -0.168. The summed E-state index contributed by atoms with van der Waals surface area (Å²) >= 11 is 0. The van der Waals surface area contributed by atoms with Crippen molar-refractivity contribution in [2.75, 3.05) is 20.8 Å². The third kappa shape index (κ3) is 4.21. The number of carbonyl (C=O) groups excluding carboxylic acids is 2. The van der Waals surface area contributed by atoms with Crippen LogP contribution in [0, 0.1) is 12.3 Å². The van der Waals surface area contributed by atoms with Crippen LogP contribution in [0.3, 0.4) is 0 Å². The van der Waals surface area contributed by atoms with Crippen LogP contribution >= 0.6 is 0 Å². The Hall–Kier alpha value is -2.19. The van der Waals surface area contributed by atoms with Gasteiger partial charge in [-0.25, -0.2) is 13.1 Å². The Bertz CT molecular complexity index is 693. The first-order chi connectivity index (χ1) is 11.2. The first-order valence-electron chi connectivity index (χ1n) is 7.07. The van der Waals surface area contributed by atoms with E-state index in [1.807, 2.05) is 6.92 Å². The molecule has 0 saturated carbocycles. The molecule has 0 aliphatic carbocycles. The number of rotatable bonds is 8. The molecular formula is C16H21NO6S. The van der Waals surface area contributed by atoms with E-state index in [-0.39, 0.29) is 11.3 Å². The van der Waals surface area contributed by atoms with E-state index in [2.05, 4.69) is 20.8 Å². The normalized spacial score (nSPS) is 11.6. The van der Waals surface area contributed by atoms with Gasteiger partial charge in [0, 0.05) is 6.54 Å². The molecule has 1 aromatic carbocycles. The summed E-state index contributed by atoms with van der Waals surface area (Å²) in [4.78, 5) is 24.3. The fourth-order valence-corrected chi connectivity index (χ4v) is 3.22. The van der Waals surface area contributed by atoms with Crippen molar-refractivity contribution >= 4 is 22.0 Å². The van der Waals surface area contributed by atoms with Crippen LogP contribution in [-0.4, -0.2) is 41.1 Å². The molecule has 1 rings (SSSR count). The molecule has 0 amide bonds. The van der Waals surface area contributed by atoms with Crippen molar-refractivity contribution in [2.24, 2.45) is 5.41 Å². The third-order valence-corrected chi connectivity index (χ3v) is 4.96. The van der Waals surface area contributed by atoms with Gasteiger partial charge in [0.25, 0.3) is 0 Å². The summed E-state index contributed by atoms with van der Waals surface area (Å²) in [6.45, 7) is 4.82. The van der Waals surface area contributed by atoms with Gasteiger partial charge in [-0.3, -0.25) is 9.59 Å². The maximum Gasteiger partial charge on any atom is 0.324 e. The molecule has 1 N–H and O–H groups in total. The van der Waals surface area contributed by atoms with Crippen LogP contribution in [0.1, 0.15) is 12.0 Å². The summed E-state index contributed by atoms with van der Waals surface area (Å²) < 4.78 is 36.3. The second kappa shape index (κ2) is 8.07. The zero-order valence-electron chi connectivity index (χ0n) is 13.9. The molecule has 7 nitrogen and oxygen atoms in total. The van der Waals surface area contributed by atoms with E-state index in [1.54, 1.807) is 12.1 Å². The van der Waals surface area contributed by atoms with Crippen molar-refractivity contribution in [1.82, 2.24) is 4.72 Å². The number of ether oxygens (including phenoxy) is 2. The van der Waals surface area contributed by atoms with E-state index in [4.69, 9.17) is 0 Å². The van der Waals surface area contributed by atoms with E-state index in [0.29, 0.717) is 0 Å². The van der Waals surface area contributed by atoms with Crippen LogP contribution in [0.25, 0.3) is 0 Å². The van der Waals surface area contributed by atoms with Crippen LogP contribution in [0.2, 0.25) is 0 Å². The molecule has 132 valence electrons. The predicted octanol–water partition coefficient (Wildman–Crippen LogP) is 1.18. The van der Waals surface area contributed by atoms with Gasteiger partial charge in [-0.1, -0.05) is 23.8 Å². The highest BCUT2D eigenvalue weighted by molar-refractivity contribution is 7.89. The predicted molar refractivity (Wildman–Crippen MR) is 87.6 cm³/mol. The first kappa shape index (κ1) is 19.9. The van der Waals surface area contributed by atoms with Gasteiger partial charge in [0.15, 0.2) is 5.41 Å². The van der Waals surface area contributed by atoms with Crippen LogP contribution < -0.4 is 4.72 Å². The lowest BCUT2D eigenvalue weighted by atomic mass is 9.84. The van der Waals surface area contributed by atoms with Crippen LogP contribution in [0.5, 0.6) is 0 Å². The standard InChI is InChI=1S/C16H21NO6S/c1-5-10-16(14(18)22-3,15(19)23-4)11-17-24(20,21)13-8-6-12(2)7-9-13/h5-9,17H,1,10-11H2,2-4H3. The van der Waals surface area contributed by atoms with E-state index >= 15 is 0 Å². The number of carbonyl (C=O) groups is 2. The Morgan fingerprint density at radius 1 is 1.17 bits per heavy atom. The monoisotopic (exact) mass is 355 g/mol. The summed E-state index contributed by atoms with van der Waals surface area (Å²) in [6.07, 6.45) is 1.19. The Morgan fingerprint density at radius 3 is 2.08 bits per heavy atom. The SMILES string of the molecule is C=CCC(CNS(=O)(=O)c1ccc(C)cc1)(C(=O)OC)C(=O)OC. The molecule has 0 saturated heterocycles. The number of hydrogen-bond donors (Lipinski definition) is 1. The maximum absolute atomic E-state index is 12.4. The lowest BCUT2D eigenvalue weighted by Gasteiger charge is -2.27. The molecular weight excluding hydrogens is 334 g/mol. The quantitative estimate of drug-likeness (QED) is 0.427. The van der Waals surface area contributed by atoms with Gasteiger partial charge >= 0.3 is 11.9 Å². The molecule has 0 unspecified atom stereocenters. The summed E-state index contributed by atoms with van der Waals surface area (Å²) in [5.74, 6) is -1.80. The summed E-state index contributed by atoms with van der Waals surface area (Å²) in [7, 11) is -1.69. The fourth-order valence-electron chi connectivity index (χ4n) is 2.12. The van der Waals surface area contributed by atoms with Gasteiger partial charge in [0.05, 0.1) is 19.1 Å². The average molecular weight is 355 g/mol. The number of esters is 2. The number of aryl methyl sites for hydroxylation is 1. The van der Waals surface area contributed by atoms with Gasteiger partial charge < -0.3 is 9.47 Å². The fraction of sp³-hybridized carbons (Fsp3) is 0.375. The van der Waals surface area contributed by atoms with Crippen LogP contribution in [-0.2, 0) is 29.1 Å².